The first-order valence-electron chi connectivity index (χ1n) is 6.62. The monoisotopic (exact) mass is 316 g/mol. The molecule has 98 valence electrons. The predicted molar refractivity (Wildman–Crippen MR) is 82.3 cm³/mol. The van der Waals surface area contributed by atoms with Crippen LogP contribution in [0.5, 0.6) is 5.75 Å². The lowest BCUT2D eigenvalue weighted by atomic mass is 9.95. The maximum atomic E-state index is 5.57. The maximum absolute atomic E-state index is 5.57. The zero-order chi connectivity index (χ0) is 13.4. The quantitative estimate of drug-likeness (QED) is 0.728. The molecule has 1 heterocycles. The van der Waals surface area contributed by atoms with E-state index in [4.69, 9.17) is 4.74 Å². The maximum Gasteiger partial charge on any atom is 0.122 e. The van der Waals surface area contributed by atoms with Crippen molar-refractivity contribution in [2.24, 2.45) is 0 Å². The number of halogens is 1. The van der Waals surface area contributed by atoms with Crippen molar-refractivity contribution in [3.8, 4) is 5.75 Å². The van der Waals surface area contributed by atoms with Gasteiger partial charge < -0.3 is 4.74 Å². The average Bonchev–Trinajstić information content (AvgIpc) is 2.85. The molecule has 0 spiro atoms. The van der Waals surface area contributed by atoms with Gasteiger partial charge in [0.2, 0.25) is 0 Å². The second kappa shape index (κ2) is 5.01. The van der Waals surface area contributed by atoms with E-state index < -0.39 is 0 Å². The van der Waals surface area contributed by atoms with Crippen molar-refractivity contribution < 1.29 is 4.74 Å². The van der Waals surface area contributed by atoms with Gasteiger partial charge in [-0.25, -0.2) is 0 Å². The van der Waals surface area contributed by atoms with Crippen molar-refractivity contribution in [1.82, 2.24) is 0 Å². The molecule has 2 aromatic rings. The zero-order valence-corrected chi connectivity index (χ0v) is 12.8. The molecule has 2 heteroatoms. The Morgan fingerprint density at radius 1 is 1.11 bits per heavy atom. The fourth-order valence-electron chi connectivity index (χ4n) is 2.76. The summed E-state index contributed by atoms with van der Waals surface area (Å²) in [6, 6.07) is 13.0. The van der Waals surface area contributed by atoms with Crippen LogP contribution in [0, 0.1) is 13.8 Å². The topological polar surface area (TPSA) is 9.23 Å². The highest BCUT2D eigenvalue weighted by molar-refractivity contribution is 9.09. The molecule has 1 aliphatic rings. The largest absolute Gasteiger partial charge is 0.493 e. The van der Waals surface area contributed by atoms with Crippen LogP contribution in [0.1, 0.15) is 32.6 Å². The first kappa shape index (κ1) is 12.7. The van der Waals surface area contributed by atoms with E-state index in [1.54, 1.807) is 0 Å². The van der Waals surface area contributed by atoms with Gasteiger partial charge >= 0.3 is 0 Å². The number of ether oxygens (including phenoxy) is 1. The van der Waals surface area contributed by atoms with E-state index >= 15 is 0 Å². The highest BCUT2D eigenvalue weighted by Gasteiger charge is 2.18. The Morgan fingerprint density at radius 2 is 1.84 bits per heavy atom. The Hall–Kier alpha value is -1.28. The third-order valence-electron chi connectivity index (χ3n) is 3.80. The minimum Gasteiger partial charge on any atom is -0.493 e. The van der Waals surface area contributed by atoms with Crippen LogP contribution < -0.4 is 4.74 Å². The van der Waals surface area contributed by atoms with Crippen LogP contribution in [-0.4, -0.2) is 6.61 Å². The number of hydrogen-bond donors (Lipinski definition) is 0. The van der Waals surface area contributed by atoms with Gasteiger partial charge in [-0.3, -0.25) is 0 Å². The van der Waals surface area contributed by atoms with E-state index in [-0.39, 0.29) is 4.83 Å². The van der Waals surface area contributed by atoms with Gasteiger partial charge in [-0.05, 0) is 47.7 Å². The Balaban J connectivity index is 2.02. The normalized spacial score (nSPS) is 14.9. The minimum absolute atomic E-state index is 0.250. The summed E-state index contributed by atoms with van der Waals surface area (Å²) in [5.41, 5.74) is 6.67. The van der Waals surface area contributed by atoms with Crippen LogP contribution in [-0.2, 0) is 6.42 Å². The molecule has 1 nitrogen and oxygen atoms in total. The van der Waals surface area contributed by atoms with E-state index in [0.29, 0.717) is 0 Å². The van der Waals surface area contributed by atoms with Gasteiger partial charge in [0.1, 0.15) is 5.75 Å². The van der Waals surface area contributed by atoms with Gasteiger partial charge in [-0.15, -0.1) is 0 Å². The summed E-state index contributed by atoms with van der Waals surface area (Å²) in [6.45, 7) is 5.16. The fraction of sp³-hybridized carbons (Fsp3) is 0.294. The van der Waals surface area contributed by atoms with Crippen LogP contribution in [0.3, 0.4) is 0 Å². The molecule has 2 aromatic carbocycles. The predicted octanol–water partition coefficient (Wildman–Crippen LogP) is 4.72. The fourth-order valence-corrected chi connectivity index (χ4v) is 3.76. The molecule has 19 heavy (non-hydrogen) atoms. The Labute approximate surface area is 122 Å². The highest BCUT2D eigenvalue weighted by atomic mass is 79.9. The molecule has 1 unspecified atom stereocenters. The van der Waals surface area contributed by atoms with Crippen LogP contribution in [0.4, 0.5) is 0 Å². The molecule has 0 bridgehead atoms. The number of fused-ring (bicyclic) bond motifs is 1. The molecule has 0 saturated heterocycles. The molecule has 0 amide bonds. The summed E-state index contributed by atoms with van der Waals surface area (Å²) in [5, 5.41) is 0. The second-order valence-electron chi connectivity index (χ2n) is 5.13. The van der Waals surface area contributed by atoms with Gasteiger partial charge in [0, 0.05) is 6.42 Å². The van der Waals surface area contributed by atoms with Crippen molar-refractivity contribution in [3.63, 3.8) is 0 Å². The Morgan fingerprint density at radius 3 is 2.58 bits per heavy atom. The SMILES string of the molecule is Cc1cccc(C)c1C(Br)c1ccc2c(c1)CCO2. The first-order valence-corrected chi connectivity index (χ1v) is 7.54. The van der Waals surface area contributed by atoms with Crippen LogP contribution in [0.25, 0.3) is 0 Å². The lowest BCUT2D eigenvalue weighted by Gasteiger charge is -2.17. The lowest BCUT2D eigenvalue weighted by Crippen LogP contribution is -1.99. The van der Waals surface area contributed by atoms with Crippen molar-refractivity contribution in [2.45, 2.75) is 25.1 Å². The van der Waals surface area contributed by atoms with E-state index in [9.17, 15) is 0 Å². The standard InChI is InChI=1S/C17H17BrO/c1-11-4-3-5-12(2)16(11)17(18)14-6-7-15-13(10-14)8-9-19-15/h3-7,10,17H,8-9H2,1-2H3. The smallest absolute Gasteiger partial charge is 0.122 e. The summed E-state index contributed by atoms with van der Waals surface area (Å²) in [7, 11) is 0. The van der Waals surface area contributed by atoms with Gasteiger partial charge in [0.05, 0.1) is 11.4 Å². The average molecular weight is 317 g/mol. The summed E-state index contributed by atoms with van der Waals surface area (Å²) in [5.74, 6) is 1.05. The highest BCUT2D eigenvalue weighted by Crippen LogP contribution is 2.37. The van der Waals surface area contributed by atoms with Gasteiger partial charge in [0.25, 0.3) is 0 Å². The molecule has 0 aliphatic carbocycles. The number of hydrogen-bond acceptors (Lipinski definition) is 1. The molecular formula is C17H17BrO. The molecule has 0 aromatic heterocycles. The molecule has 1 aliphatic heterocycles. The van der Waals surface area contributed by atoms with Crippen LogP contribution in [0.2, 0.25) is 0 Å². The number of benzene rings is 2. The van der Waals surface area contributed by atoms with Crippen molar-refractivity contribution in [3.05, 3.63) is 64.2 Å². The molecule has 0 fully saturated rings. The summed E-state index contributed by atoms with van der Waals surface area (Å²) >= 11 is 3.86. The van der Waals surface area contributed by atoms with E-state index in [1.165, 1.54) is 27.8 Å². The number of rotatable bonds is 2. The Kier molecular flexibility index (Phi) is 3.36. The summed E-state index contributed by atoms with van der Waals surface area (Å²) < 4.78 is 5.57. The number of aryl methyl sites for hydroxylation is 2. The van der Waals surface area contributed by atoms with Gasteiger partial charge in [0.15, 0.2) is 0 Å². The summed E-state index contributed by atoms with van der Waals surface area (Å²) in [4.78, 5) is 0.250. The number of alkyl halides is 1. The third kappa shape index (κ3) is 2.30. The second-order valence-corrected chi connectivity index (χ2v) is 6.05. The summed E-state index contributed by atoms with van der Waals surface area (Å²) in [6.07, 6.45) is 1.02. The lowest BCUT2D eigenvalue weighted by molar-refractivity contribution is 0.357. The first-order chi connectivity index (χ1) is 9.16. The van der Waals surface area contributed by atoms with Gasteiger partial charge in [-0.2, -0.15) is 0 Å². The van der Waals surface area contributed by atoms with E-state index in [0.717, 1.165) is 18.8 Å². The zero-order valence-electron chi connectivity index (χ0n) is 11.2. The van der Waals surface area contributed by atoms with E-state index in [2.05, 4.69) is 66.2 Å². The molecule has 0 saturated carbocycles. The molecule has 1 atom stereocenters. The molecule has 0 N–H and O–H groups in total. The minimum atomic E-state index is 0.250. The molecule has 3 rings (SSSR count). The Bertz CT molecular complexity index is 598. The van der Waals surface area contributed by atoms with Crippen LogP contribution >= 0.6 is 15.9 Å². The molecule has 0 radical (unpaired) electrons. The van der Waals surface area contributed by atoms with E-state index in [1.807, 2.05) is 0 Å². The van der Waals surface area contributed by atoms with Crippen molar-refractivity contribution in [2.75, 3.05) is 6.61 Å². The molecular weight excluding hydrogens is 300 g/mol. The van der Waals surface area contributed by atoms with Crippen LogP contribution in [0.15, 0.2) is 36.4 Å². The van der Waals surface area contributed by atoms with Crippen molar-refractivity contribution in [1.29, 1.82) is 0 Å². The third-order valence-corrected chi connectivity index (χ3v) is 4.79. The van der Waals surface area contributed by atoms with Gasteiger partial charge in [-0.1, -0.05) is 46.3 Å². The van der Waals surface area contributed by atoms with Crippen molar-refractivity contribution >= 4 is 15.9 Å².